The van der Waals surface area contributed by atoms with Gasteiger partial charge in [0.05, 0.1) is 13.2 Å². The Balaban J connectivity index is 3.97. The van der Waals surface area contributed by atoms with Crippen molar-refractivity contribution in [1.82, 2.24) is 10.6 Å². The fraction of sp³-hybridized carbons (Fsp3) is 0.917. The summed E-state index contributed by atoms with van der Waals surface area (Å²) in [5.74, 6) is 0.469. The summed E-state index contributed by atoms with van der Waals surface area (Å²) in [4.78, 5) is 11.6. The monoisotopic (exact) mass is 230 g/mol. The van der Waals surface area contributed by atoms with Gasteiger partial charge >= 0.3 is 0 Å². The molecular formula is C12H26N2O2. The van der Waals surface area contributed by atoms with Crippen LogP contribution in [0.5, 0.6) is 0 Å². The van der Waals surface area contributed by atoms with Gasteiger partial charge in [-0.15, -0.1) is 0 Å². The standard InChI is InChI=1S/C12H26N2O2/c1-9(2)10(8-16-6)13-7-11(15)14-12(3,4)5/h9-10,13H,7-8H2,1-6H3,(H,14,15). The minimum Gasteiger partial charge on any atom is -0.383 e. The van der Waals surface area contributed by atoms with Crippen LogP contribution >= 0.6 is 0 Å². The average Bonchev–Trinajstić information content (AvgIpc) is 2.08. The number of rotatable bonds is 6. The molecule has 2 N–H and O–H groups in total. The van der Waals surface area contributed by atoms with Crippen molar-refractivity contribution < 1.29 is 9.53 Å². The topological polar surface area (TPSA) is 50.4 Å². The zero-order valence-electron chi connectivity index (χ0n) is 11.4. The van der Waals surface area contributed by atoms with Crippen molar-refractivity contribution >= 4 is 5.91 Å². The molecule has 4 nitrogen and oxygen atoms in total. The molecule has 0 aliphatic heterocycles. The van der Waals surface area contributed by atoms with E-state index in [-0.39, 0.29) is 17.5 Å². The molecule has 0 spiro atoms. The molecule has 0 bridgehead atoms. The molecule has 0 rings (SSSR count). The Kier molecular flexibility index (Phi) is 6.60. The van der Waals surface area contributed by atoms with Gasteiger partial charge in [-0.05, 0) is 26.7 Å². The van der Waals surface area contributed by atoms with Crippen LogP contribution < -0.4 is 10.6 Å². The molecule has 0 radical (unpaired) electrons. The van der Waals surface area contributed by atoms with Crippen LogP contribution in [0.3, 0.4) is 0 Å². The highest BCUT2D eigenvalue weighted by atomic mass is 16.5. The third-order valence-corrected chi connectivity index (χ3v) is 2.19. The minimum atomic E-state index is -0.173. The average molecular weight is 230 g/mol. The van der Waals surface area contributed by atoms with Crippen LogP contribution in [0.2, 0.25) is 0 Å². The summed E-state index contributed by atoms with van der Waals surface area (Å²) in [7, 11) is 1.67. The van der Waals surface area contributed by atoms with E-state index in [1.165, 1.54) is 0 Å². The molecule has 0 aromatic rings. The van der Waals surface area contributed by atoms with E-state index >= 15 is 0 Å². The SMILES string of the molecule is COCC(NCC(=O)NC(C)(C)C)C(C)C. The summed E-state index contributed by atoms with van der Waals surface area (Å²) in [5, 5.41) is 6.12. The van der Waals surface area contributed by atoms with Crippen molar-refractivity contribution in [3.8, 4) is 0 Å². The first-order valence-electron chi connectivity index (χ1n) is 5.79. The highest BCUT2D eigenvalue weighted by molar-refractivity contribution is 5.78. The first kappa shape index (κ1) is 15.4. The zero-order chi connectivity index (χ0) is 12.8. The predicted octanol–water partition coefficient (Wildman–Crippen LogP) is 1.16. The molecular weight excluding hydrogens is 204 g/mol. The molecule has 1 atom stereocenters. The smallest absolute Gasteiger partial charge is 0.234 e. The van der Waals surface area contributed by atoms with E-state index in [0.29, 0.717) is 19.1 Å². The van der Waals surface area contributed by atoms with Crippen LogP contribution in [-0.2, 0) is 9.53 Å². The maximum absolute atomic E-state index is 11.6. The molecule has 1 amide bonds. The van der Waals surface area contributed by atoms with Crippen molar-refractivity contribution in [1.29, 1.82) is 0 Å². The van der Waals surface area contributed by atoms with Crippen LogP contribution in [0.1, 0.15) is 34.6 Å². The van der Waals surface area contributed by atoms with Gasteiger partial charge in [-0.3, -0.25) is 4.79 Å². The molecule has 0 saturated carbocycles. The lowest BCUT2D eigenvalue weighted by atomic mass is 10.1. The fourth-order valence-electron chi connectivity index (χ4n) is 1.35. The summed E-state index contributed by atoms with van der Waals surface area (Å²) < 4.78 is 5.10. The number of methoxy groups -OCH3 is 1. The van der Waals surface area contributed by atoms with Crippen LogP contribution in [0, 0.1) is 5.92 Å². The molecule has 1 unspecified atom stereocenters. The number of hydrogen-bond donors (Lipinski definition) is 2. The molecule has 16 heavy (non-hydrogen) atoms. The second kappa shape index (κ2) is 6.86. The first-order chi connectivity index (χ1) is 7.26. The molecule has 96 valence electrons. The largest absolute Gasteiger partial charge is 0.383 e. The number of ether oxygens (including phenoxy) is 1. The predicted molar refractivity (Wildman–Crippen MR) is 66.4 cm³/mol. The van der Waals surface area contributed by atoms with Crippen molar-refractivity contribution in [2.24, 2.45) is 5.92 Å². The van der Waals surface area contributed by atoms with Crippen LogP contribution in [0.15, 0.2) is 0 Å². The van der Waals surface area contributed by atoms with E-state index in [4.69, 9.17) is 4.74 Å². The number of hydrogen-bond acceptors (Lipinski definition) is 3. The second-order valence-corrected chi connectivity index (χ2v) is 5.48. The van der Waals surface area contributed by atoms with Crippen LogP contribution in [-0.4, -0.2) is 37.7 Å². The first-order valence-corrected chi connectivity index (χ1v) is 5.79. The van der Waals surface area contributed by atoms with E-state index in [1.54, 1.807) is 7.11 Å². The molecule has 0 saturated heterocycles. The Labute approximate surface area is 99.1 Å². The van der Waals surface area contributed by atoms with E-state index in [0.717, 1.165) is 0 Å². The number of carbonyl (C=O) groups excluding carboxylic acids is 1. The van der Waals surface area contributed by atoms with Crippen molar-refractivity contribution in [2.75, 3.05) is 20.3 Å². The van der Waals surface area contributed by atoms with Crippen LogP contribution in [0.4, 0.5) is 0 Å². The Morgan fingerprint density at radius 3 is 2.25 bits per heavy atom. The van der Waals surface area contributed by atoms with Gasteiger partial charge in [-0.2, -0.15) is 0 Å². The maximum Gasteiger partial charge on any atom is 0.234 e. The van der Waals surface area contributed by atoms with Gasteiger partial charge in [0, 0.05) is 18.7 Å². The summed E-state index contributed by atoms with van der Waals surface area (Å²) in [6.45, 7) is 11.1. The fourth-order valence-corrected chi connectivity index (χ4v) is 1.35. The number of carbonyl (C=O) groups is 1. The van der Waals surface area contributed by atoms with E-state index in [9.17, 15) is 4.79 Å². The lowest BCUT2D eigenvalue weighted by Gasteiger charge is -2.24. The second-order valence-electron chi connectivity index (χ2n) is 5.48. The molecule has 0 aromatic carbocycles. The Morgan fingerprint density at radius 2 is 1.88 bits per heavy atom. The third-order valence-electron chi connectivity index (χ3n) is 2.19. The minimum absolute atomic E-state index is 0.0225. The summed E-state index contributed by atoms with van der Waals surface area (Å²) >= 11 is 0. The Morgan fingerprint density at radius 1 is 1.31 bits per heavy atom. The lowest BCUT2D eigenvalue weighted by molar-refractivity contribution is -0.121. The summed E-state index contributed by atoms with van der Waals surface area (Å²) in [5.41, 5.74) is -0.173. The van der Waals surface area contributed by atoms with Gasteiger partial charge < -0.3 is 15.4 Å². The summed E-state index contributed by atoms with van der Waals surface area (Å²) in [6.07, 6.45) is 0. The molecule has 0 heterocycles. The van der Waals surface area contributed by atoms with Crippen molar-refractivity contribution in [2.45, 2.75) is 46.2 Å². The van der Waals surface area contributed by atoms with E-state index in [1.807, 2.05) is 20.8 Å². The Bertz CT molecular complexity index is 210. The molecule has 4 heteroatoms. The quantitative estimate of drug-likeness (QED) is 0.720. The van der Waals surface area contributed by atoms with Gasteiger partial charge in [0.15, 0.2) is 0 Å². The third kappa shape index (κ3) is 7.65. The van der Waals surface area contributed by atoms with Gasteiger partial charge in [-0.1, -0.05) is 13.8 Å². The molecule has 0 aliphatic carbocycles. The van der Waals surface area contributed by atoms with Crippen molar-refractivity contribution in [3.05, 3.63) is 0 Å². The highest BCUT2D eigenvalue weighted by Gasteiger charge is 2.17. The van der Waals surface area contributed by atoms with Crippen molar-refractivity contribution in [3.63, 3.8) is 0 Å². The molecule has 0 aliphatic rings. The summed E-state index contributed by atoms with van der Waals surface area (Å²) in [6, 6.07) is 0.218. The van der Waals surface area contributed by atoms with Gasteiger partial charge in [0.1, 0.15) is 0 Å². The number of nitrogens with one attached hydrogen (secondary N) is 2. The lowest BCUT2D eigenvalue weighted by Crippen LogP contribution is -2.48. The van der Waals surface area contributed by atoms with E-state index < -0.39 is 0 Å². The Hall–Kier alpha value is -0.610. The van der Waals surface area contributed by atoms with Gasteiger partial charge in [0.2, 0.25) is 5.91 Å². The normalized spacial score (nSPS) is 13.9. The highest BCUT2D eigenvalue weighted by Crippen LogP contribution is 2.02. The zero-order valence-corrected chi connectivity index (χ0v) is 11.4. The van der Waals surface area contributed by atoms with Crippen LogP contribution in [0.25, 0.3) is 0 Å². The molecule has 0 aromatic heterocycles. The van der Waals surface area contributed by atoms with E-state index in [2.05, 4.69) is 24.5 Å². The van der Waals surface area contributed by atoms with Gasteiger partial charge in [-0.25, -0.2) is 0 Å². The molecule has 0 fully saturated rings. The number of amides is 1. The maximum atomic E-state index is 11.6. The van der Waals surface area contributed by atoms with Gasteiger partial charge in [0.25, 0.3) is 0 Å².